The summed E-state index contributed by atoms with van der Waals surface area (Å²) in [5.41, 5.74) is 0.141. The third kappa shape index (κ3) is 3.49. The van der Waals surface area contributed by atoms with Crippen molar-refractivity contribution in [2.75, 3.05) is 0 Å². The number of halogens is 3. The van der Waals surface area contributed by atoms with Gasteiger partial charge in [-0.25, -0.2) is 0 Å². The molecular weight excluding hydrogens is 221 g/mol. The van der Waals surface area contributed by atoms with Gasteiger partial charge >= 0.3 is 6.18 Å². The van der Waals surface area contributed by atoms with E-state index in [4.69, 9.17) is 0 Å². The zero-order valence-corrected chi connectivity index (χ0v) is 8.25. The summed E-state index contributed by atoms with van der Waals surface area (Å²) >= 11 is 0. The molecule has 16 heavy (non-hydrogen) atoms. The Bertz CT molecular complexity index is 387. The summed E-state index contributed by atoms with van der Waals surface area (Å²) < 4.78 is 35.7. The molecule has 1 rings (SSSR count). The molecular formula is C11H9F3O2. The van der Waals surface area contributed by atoms with E-state index in [2.05, 4.69) is 0 Å². The molecule has 0 aromatic carbocycles. The molecule has 0 unspecified atom stereocenters. The molecule has 0 fully saturated rings. The van der Waals surface area contributed by atoms with Crippen LogP contribution in [-0.4, -0.2) is 17.7 Å². The second kappa shape index (κ2) is 4.92. The van der Waals surface area contributed by atoms with Gasteiger partial charge in [-0.2, -0.15) is 13.2 Å². The Labute approximate surface area is 90.1 Å². The maximum atomic E-state index is 11.9. The smallest absolute Gasteiger partial charge is 0.294 e. The van der Waals surface area contributed by atoms with Gasteiger partial charge in [0.05, 0.1) is 6.42 Å². The SMILES string of the molecule is O=C(CC(=O)C(F)(F)F)C1=CCC=CC=C1. The van der Waals surface area contributed by atoms with Crippen LogP contribution in [-0.2, 0) is 9.59 Å². The zero-order chi connectivity index (χ0) is 12.2. The van der Waals surface area contributed by atoms with Crippen LogP contribution in [0, 0.1) is 0 Å². The Kier molecular flexibility index (Phi) is 3.82. The molecule has 0 saturated heterocycles. The van der Waals surface area contributed by atoms with Gasteiger partial charge in [-0.1, -0.05) is 30.4 Å². The van der Waals surface area contributed by atoms with E-state index in [0.29, 0.717) is 6.42 Å². The van der Waals surface area contributed by atoms with Crippen molar-refractivity contribution < 1.29 is 22.8 Å². The van der Waals surface area contributed by atoms with Gasteiger partial charge < -0.3 is 0 Å². The lowest BCUT2D eigenvalue weighted by Gasteiger charge is -2.04. The van der Waals surface area contributed by atoms with E-state index in [-0.39, 0.29) is 5.57 Å². The number of Topliss-reactive ketones (excluding diaryl/α,β-unsaturated/α-hetero) is 2. The average molecular weight is 230 g/mol. The first-order chi connectivity index (χ1) is 7.41. The minimum Gasteiger partial charge on any atom is -0.294 e. The molecule has 2 nitrogen and oxygen atoms in total. The molecule has 0 saturated carbocycles. The standard InChI is InChI=1S/C11H9F3O2/c12-11(13,14)10(16)7-9(15)8-5-3-1-2-4-6-8/h1-3,5-6H,4,7H2. The van der Waals surface area contributed by atoms with Crippen LogP contribution in [0.5, 0.6) is 0 Å². The molecule has 0 aliphatic heterocycles. The summed E-state index contributed by atoms with van der Waals surface area (Å²) in [4.78, 5) is 21.9. The van der Waals surface area contributed by atoms with Crippen LogP contribution in [0.1, 0.15) is 12.8 Å². The molecule has 0 spiro atoms. The van der Waals surface area contributed by atoms with E-state index < -0.39 is 24.2 Å². The lowest BCUT2D eigenvalue weighted by Crippen LogP contribution is -2.25. The van der Waals surface area contributed by atoms with Crippen LogP contribution in [0.15, 0.2) is 36.0 Å². The molecule has 0 aromatic rings. The summed E-state index contributed by atoms with van der Waals surface area (Å²) in [5, 5.41) is 0. The van der Waals surface area contributed by atoms with Crippen LogP contribution < -0.4 is 0 Å². The third-order valence-corrected chi connectivity index (χ3v) is 1.96. The first-order valence-corrected chi connectivity index (χ1v) is 4.58. The summed E-state index contributed by atoms with van der Waals surface area (Å²) in [6.07, 6.45) is 2.28. The van der Waals surface area contributed by atoms with Gasteiger partial charge in [0, 0.05) is 5.57 Å². The Morgan fingerprint density at radius 1 is 1.25 bits per heavy atom. The van der Waals surface area contributed by atoms with Gasteiger partial charge in [0.2, 0.25) is 5.78 Å². The highest BCUT2D eigenvalue weighted by atomic mass is 19.4. The Hall–Kier alpha value is -1.65. The van der Waals surface area contributed by atoms with Crippen molar-refractivity contribution in [3.8, 4) is 0 Å². The number of rotatable bonds is 3. The van der Waals surface area contributed by atoms with Gasteiger partial charge in [-0.3, -0.25) is 9.59 Å². The van der Waals surface area contributed by atoms with Gasteiger partial charge in [-0.15, -0.1) is 0 Å². The molecule has 1 aliphatic rings. The lowest BCUT2D eigenvalue weighted by atomic mass is 10.1. The van der Waals surface area contributed by atoms with Crippen molar-refractivity contribution in [1.82, 2.24) is 0 Å². The van der Waals surface area contributed by atoms with Gasteiger partial charge in [0.1, 0.15) is 0 Å². The molecule has 0 N–H and O–H groups in total. The minimum atomic E-state index is -4.94. The average Bonchev–Trinajstić information content (AvgIpc) is 2.43. The van der Waals surface area contributed by atoms with Crippen molar-refractivity contribution >= 4 is 11.6 Å². The van der Waals surface area contributed by atoms with E-state index >= 15 is 0 Å². The van der Waals surface area contributed by atoms with E-state index in [0.717, 1.165) is 0 Å². The molecule has 1 aliphatic carbocycles. The Morgan fingerprint density at radius 2 is 1.94 bits per heavy atom. The fourth-order valence-electron chi connectivity index (χ4n) is 1.13. The van der Waals surface area contributed by atoms with Crippen molar-refractivity contribution in [2.24, 2.45) is 0 Å². The number of hydrogen-bond donors (Lipinski definition) is 0. The fraction of sp³-hybridized carbons (Fsp3) is 0.273. The normalized spacial score (nSPS) is 15.6. The highest BCUT2D eigenvalue weighted by molar-refractivity contribution is 6.10. The second-order valence-corrected chi connectivity index (χ2v) is 3.20. The van der Waals surface area contributed by atoms with Crippen molar-refractivity contribution in [3.05, 3.63) is 36.0 Å². The van der Waals surface area contributed by atoms with E-state index in [1.54, 1.807) is 18.2 Å². The van der Waals surface area contributed by atoms with Gasteiger partial charge in [0.25, 0.3) is 0 Å². The van der Waals surface area contributed by atoms with Crippen molar-refractivity contribution in [2.45, 2.75) is 19.0 Å². The van der Waals surface area contributed by atoms with Crippen LogP contribution in [0.3, 0.4) is 0 Å². The van der Waals surface area contributed by atoms with Gasteiger partial charge in [-0.05, 0) is 6.42 Å². The van der Waals surface area contributed by atoms with E-state index in [1.165, 1.54) is 12.2 Å². The highest BCUT2D eigenvalue weighted by Crippen LogP contribution is 2.19. The predicted octanol–water partition coefficient (Wildman–Crippen LogP) is 2.52. The van der Waals surface area contributed by atoms with Crippen LogP contribution in [0.25, 0.3) is 0 Å². The number of allylic oxidation sites excluding steroid dienone is 6. The van der Waals surface area contributed by atoms with Crippen LogP contribution in [0.4, 0.5) is 13.2 Å². The second-order valence-electron chi connectivity index (χ2n) is 3.20. The quantitative estimate of drug-likeness (QED) is 0.698. The number of ketones is 2. The molecule has 0 bridgehead atoms. The van der Waals surface area contributed by atoms with E-state index in [9.17, 15) is 22.8 Å². The molecule has 0 radical (unpaired) electrons. The minimum absolute atomic E-state index is 0.141. The molecule has 0 amide bonds. The Morgan fingerprint density at radius 3 is 2.56 bits per heavy atom. The molecule has 0 heterocycles. The topological polar surface area (TPSA) is 34.1 Å². The molecule has 0 aromatic heterocycles. The highest BCUT2D eigenvalue weighted by Gasteiger charge is 2.39. The maximum Gasteiger partial charge on any atom is 0.450 e. The van der Waals surface area contributed by atoms with Gasteiger partial charge in [0.15, 0.2) is 5.78 Å². The monoisotopic (exact) mass is 230 g/mol. The van der Waals surface area contributed by atoms with Crippen molar-refractivity contribution in [1.29, 1.82) is 0 Å². The third-order valence-electron chi connectivity index (χ3n) is 1.96. The summed E-state index contributed by atoms with van der Waals surface area (Å²) in [5.74, 6) is -2.81. The first-order valence-electron chi connectivity index (χ1n) is 4.58. The number of carbonyl (C=O) groups is 2. The summed E-state index contributed by atoms with van der Waals surface area (Å²) in [6, 6.07) is 0. The zero-order valence-electron chi connectivity index (χ0n) is 8.25. The fourth-order valence-corrected chi connectivity index (χ4v) is 1.13. The Balaban J connectivity index is 2.67. The number of alkyl halides is 3. The largest absolute Gasteiger partial charge is 0.450 e. The summed E-state index contributed by atoms with van der Waals surface area (Å²) in [6.45, 7) is 0. The van der Waals surface area contributed by atoms with E-state index in [1.807, 2.05) is 0 Å². The van der Waals surface area contributed by atoms with Crippen molar-refractivity contribution in [3.63, 3.8) is 0 Å². The number of carbonyl (C=O) groups excluding carboxylic acids is 2. The molecule has 86 valence electrons. The predicted molar refractivity (Wildman–Crippen MR) is 51.7 cm³/mol. The molecule has 5 heteroatoms. The maximum absolute atomic E-state index is 11.9. The molecule has 0 atom stereocenters. The first kappa shape index (κ1) is 12.4. The number of hydrogen-bond acceptors (Lipinski definition) is 2. The van der Waals surface area contributed by atoms with Crippen LogP contribution in [0.2, 0.25) is 0 Å². The summed E-state index contributed by atoms with van der Waals surface area (Å²) in [7, 11) is 0. The van der Waals surface area contributed by atoms with Crippen LogP contribution >= 0.6 is 0 Å². The lowest BCUT2D eigenvalue weighted by molar-refractivity contribution is -0.171.